The quantitative estimate of drug-likeness (QED) is 0.879. The highest BCUT2D eigenvalue weighted by Gasteiger charge is 2.31. The summed E-state index contributed by atoms with van der Waals surface area (Å²) < 4.78 is 27.8. The molecule has 7 heteroatoms. The van der Waals surface area contributed by atoms with Crippen LogP contribution in [0.15, 0.2) is 47.4 Å². The molecule has 25 heavy (non-hydrogen) atoms. The van der Waals surface area contributed by atoms with E-state index in [-0.39, 0.29) is 16.8 Å². The Kier molecular flexibility index (Phi) is 4.75. The third-order valence-corrected chi connectivity index (χ3v) is 5.84. The molecule has 0 fully saturated rings. The number of halogens is 1. The number of benzene rings is 2. The third-order valence-electron chi connectivity index (χ3n) is 4.22. The van der Waals surface area contributed by atoms with Crippen molar-refractivity contribution in [3.05, 3.63) is 53.1 Å². The van der Waals surface area contributed by atoms with Gasteiger partial charge in [-0.3, -0.25) is 9.52 Å². The van der Waals surface area contributed by atoms with Gasteiger partial charge >= 0.3 is 0 Å². The number of amides is 1. The minimum atomic E-state index is -3.72. The second kappa shape index (κ2) is 6.69. The predicted octanol–water partition coefficient (Wildman–Crippen LogP) is 3.83. The number of fused-ring (bicyclic) bond motifs is 1. The van der Waals surface area contributed by atoms with Crippen molar-refractivity contribution < 1.29 is 13.2 Å². The van der Waals surface area contributed by atoms with E-state index < -0.39 is 10.0 Å². The van der Waals surface area contributed by atoms with Gasteiger partial charge in [-0.05, 0) is 55.3 Å². The number of hydrogen-bond acceptors (Lipinski definition) is 3. The summed E-state index contributed by atoms with van der Waals surface area (Å²) in [6.07, 6.45) is 1.06. The van der Waals surface area contributed by atoms with E-state index in [0.29, 0.717) is 23.6 Å². The Balaban J connectivity index is 1.92. The van der Waals surface area contributed by atoms with Gasteiger partial charge in [0.1, 0.15) is 0 Å². The Morgan fingerprint density at radius 3 is 2.72 bits per heavy atom. The fraction of sp³-hybridized carbons (Fsp3) is 0.278. The standard InChI is InChI=1S/C18H19ClN2O3S/c1-3-18(22)21-12(2)9-13-10-16(7-8-17(13)21)25(23,24)20-15-6-4-5-14(19)11-15/h4-8,10-12,20H,3,9H2,1-2H3. The summed E-state index contributed by atoms with van der Waals surface area (Å²) in [6.45, 7) is 3.78. The molecule has 1 atom stereocenters. The first-order chi connectivity index (χ1) is 11.8. The van der Waals surface area contributed by atoms with E-state index in [1.165, 1.54) is 6.07 Å². The SMILES string of the molecule is CCC(=O)N1c2ccc(S(=O)(=O)Nc3cccc(Cl)c3)cc2CC1C. The van der Waals surface area contributed by atoms with Gasteiger partial charge in [0.2, 0.25) is 5.91 Å². The van der Waals surface area contributed by atoms with Crippen LogP contribution in [0.5, 0.6) is 0 Å². The smallest absolute Gasteiger partial charge is 0.261 e. The van der Waals surface area contributed by atoms with Gasteiger partial charge in [-0.1, -0.05) is 24.6 Å². The van der Waals surface area contributed by atoms with Gasteiger partial charge in [-0.25, -0.2) is 8.42 Å². The second-order valence-electron chi connectivity index (χ2n) is 6.08. The molecule has 3 rings (SSSR count). The second-order valence-corrected chi connectivity index (χ2v) is 8.20. The van der Waals surface area contributed by atoms with Gasteiger partial charge in [0.15, 0.2) is 0 Å². The number of nitrogens with one attached hydrogen (secondary N) is 1. The van der Waals surface area contributed by atoms with Crippen molar-refractivity contribution in [3.63, 3.8) is 0 Å². The molecule has 0 saturated carbocycles. The van der Waals surface area contributed by atoms with Crippen LogP contribution in [0, 0.1) is 0 Å². The van der Waals surface area contributed by atoms with Gasteiger partial charge < -0.3 is 4.90 Å². The number of hydrogen-bond donors (Lipinski definition) is 1. The molecule has 1 amide bonds. The zero-order chi connectivity index (χ0) is 18.2. The largest absolute Gasteiger partial charge is 0.309 e. The Morgan fingerprint density at radius 1 is 1.28 bits per heavy atom. The van der Waals surface area contributed by atoms with Crippen LogP contribution in [0.4, 0.5) is 11.4 Å². The molecule has 1 aliphatic rings. The van der Waals surface area contributed by atoms with E-state index in [0.717, 1.165) is 11.3 Å². The lowest BCUT2D eigenvalue weighted by Gasteiger charge is -2.22. The summed E-state index contributed by atoms with van der Waals surface area (Å²) in [5.41, 5.74) is 2.06. The topological polar surface area (TPSA) is 66.5 Å². The van der Waals surface area contributed by atoms with Gasteiger partial charge in [0, 0.05) is 23.2 Å². The number of nitrogens with zero attached hydrogens (tertiary/aromatic N) is 1. The fourth-order valence-electron chi connectivity index (χ4n) is 3.09. The lowest BCUT2D eigenvalue weighted by atomic mass is 10.1. The maximum atomic E-state index is 12.6. The molecule has 0 aromatic heterocycles. The highest BCUT2D eigenvalue weighted by Crippen LogP contribution is 2.34. The van der Waals surface area contributed by atoms with Crippen molar-refractivity contribution in [1.82, 2.24) is 0 Å². The molecule has 0 spiro atoms. The van der Waals surface area contributed by atoms with E-state index in [4.69, 9.17) is 11.6 Å². The molecule has 0 aliphatic carbocycles. The first-order valence-electron chi connectivity index (χ1n) is 8.05. The number of rotatable bonds is 4. The fourth-order valence-corrected chi connectivity index (χ4v) is 4.38. The molecule has 132 valence electrons. The van der Waals surface area contributed by atoms with Crippen LogP contribution < -0.4 is 9.62 Å². The Morgan fingerprint density at radius 2 is 2.04 bits per heavy atom. The molecule has 1 aliphatic heterocycles. The van der Waals surface area contributed by atoms with Gasteiger partial charge in [0.25, 0.3) is 10.0 Å². The van der Waals surface area contributed by atoms with E-state index in [1.807, 2.05) is 13.8 Å². The van der Waals surface area contributed by atoms with Crippen molar-refractivity contribution in [2.45, 2.75) is 37.6 Å². The average Bonchev–Trinajstić information content (AvgIpc) is 2.88. The highest BCUT2D eigenvalue weighted by atomic mass is 35.5. The molecule has 1 N–H and O–H groups in total. The van der Waals surface area contributed by atoms with Crippen LogP contribution in [0.3, 0.4) is 0 Å². The minimum absolute atomic E-state index is 0.0290. The minimum Gasteiger partial charge on any atom is -0.309 e. The number of anilines is 2. The molecule has 0 radical (unpaired) electrons. The third kappa shape index (κ3) is 3.50. The normalized spacial score (nSPS) is 16.6. The summed E-state index contributed by atoms with van der Waals surface area (Å²) in [5.74, 6) is 0.0407. The van der Waals surface area contributed by atoms with Crippen molar-refractivity contribution in [2.75, 3.05) is 9.62 Å². The highest BCUT2D eigenvalue weighted by molar-refractivity contribution is 7.92. The summed E-state index contributed by atoms with van der Waals surface area (Å²) >= 11 is 5.90. The summed E-state index contributed by atoms with van der Waals surface area (Å²) in [6, 6.07) is 11.5. The van der Waals surface area contributed by atoms with Crippen LogP contribution in [-0.2, 0) is 21.2 Å². The van der Waals surface area contributed by atoms with Crippen LogP contribution in [-0.4, -0.2) is 20.4 Å². The van der Waals surface area contributed by atoms with Gasteiger partial charge in [-0.2, -0.15) is 0 Å². The van der Waals surface area contributed by atoms with Crippen LogP contribution in [0.25, 0.3) is 0 Å². The molecule has 1 heterocycles. The van der Waals surface area contributed by atoms with Crippen molar-refractivity contribution in [3.8, 4) is 0 Å². The molecule has 0 bridgehead atoms. The average molecular weight is 379 g/mol. The van der Waals surface area contributed by atoms with E-state index in [2.05, 4.69) is 4.72 Å². The maximum Gasteiger partial charge on any atom is 0.261 e. The van der Waals surface area contributed by atoms with E-state index in [9.17, 15) is 13.2 Å². The zero-order valence-corrected chi connectivity index (χ0v) is 15.6. The molecule has 5 nitrogen and oxygen atoms in total. The number of carbonyl (C=O) groups is 1. The molecular weight excluding hydrogens is 360 g/mol. The lowest BCUT2D eigenvalue weighted by molar-refractivity contribution is -0.118. The zero-order valence-electron chi connectivity index (χ0n) is 14.0. The van der Waals surface area contributed by atoms with E-state index in [1.54, 1.807) is 41.3 Å². The van der Waals surface area contributed by atoms with Crippen molar-refractivity contribution >= 4 is 38.9 Å². The Labute approximate surface area is 152 Å². The Bertz CT molecular complexity index is 928. The monoisotopic (exact) mass is 378 g/mol. The van der Waals surface area contributed by atoms with Crippen LogP contribution in [0.1, 0.15) is 25.8 Å². The molecular formula is C18H19ClN2O3S. The Hall–Kier alpha value is -2.05. The van der Waals surface area contributed by atoms with Gasteiger partial charge in [0.05, 0.1) is 10.6 Å². The van der Waals surface area contributed by atoms with Crippen LogP contribution >= 0.6 is 11.6 Å². The first-order valence-corrected chi connectivity index (χ1v) is 9.91. The lowest BCUT2D eigenvalue weighted by Crippen LogP contribution is -2.35. The maximum absolute atomic E-state index is 12.6. The van der Waals surface area contributed by atoms with E-state index >= 15 is 0 Å². The number of carbonyl (C=O) groups excluding carboxylic acids is 1. The van der Waals surface area contributed by atoms with Crippen LogP contribution in [0.2, 0.25) is 5.02 Å². The van der Waals surface area contributed by atoms with Crippen molar-refractivity contribution in [2.24, 2.45) is 0 Å². The predicted molar refractivity (Wildman–Crippen MR) is 99.6 cm³/mol. The summed E-state index contributed by atoms with van der Waals surface area (Å²) in [5, 5.41) is 0.455. The van der Waals surface area contributed by atoms with Crippen molar-refractivity contribution in [1.29, 1.82) is 0 Å². The van der Waals surface area contributed by atoms with Gasteiger partial charge in [-0.15, -0.1) is 0 Å². The molecule has 2 aromatic rings. The first kappa shape index (κ1) is 17.8. The number of sulfonamides is 1. The molecule has 2 aromatic carbocycles. The molecule has 0 saturated heterocycles. The summed E-state index contributed by atoms with van der Waals surface area (Å²) in [4.78, 5) is 14.0. The molecule has 1 unspecified atom stereocenters. The summed E-state index contributed by atoms with van der Waals surface area (Å²) in [7, 11) is -3.72.